The molecule has 0 aliphatic carbocycles. The number of rotatable bonds is 8. The zero-order valence-corrected chi connectivity index (χ0v) is 14.1. The summed E-state index contributed by atoms with van der Waals surface area (Å²) in [5, 5.41) is 9.22. The highest BCUT2D eigenvalue weighted by atomic mass is 32.2. The molecular weight excluding hydrogens is 304 g/mol. The molecular formula is C16H24O3S2. The van der Waals surface area contributed by atoms with Crippen molar-refractivity contribution in [2.24, 2.45) is 0 Å². The zero-order chi connectivity index (χ0) is 14.9. The van der Waals surface area contributed by atoms with Crippen molar-refractivity contribution in [3.8, 4) is 5.75 Å². The van der Waals surface area contributed by atoms with E-state index in [0.29, 0.717) is 17.6 Å². The summed E-state index contributed by atoms with van der Waals surface area (Å²) in [5.41, 5.74) is 1.14. The van der Waals surface area contributed by atoms with Crippen molar-refractivity contribution in [3.63, 3.8) is 0 Å². The lowest BCUT2D eigenvalue weighted by molar-refractivity contribution is 0.0216. The Morgan fingerprint density at radius 2 is 1.95 bits per heavy atom. The third kappa shape index (κ3) is 6.10. The lowest BCUT2D eigenvalue weighted by atomic mass is 10.2. The number of hydrogen-bond acceptors (Lipinski definition) is 5. The molecule has 1 aliphatic rings. The maximum Gasteiger partial charge on any atom is 0.118 e. The van der Waals surface area contributed by atoms with Crippen LogP contribution >= 0.6 is 23.5 Å². The van der Waals surface area contributed by atoms with E-state index in [1.54, 1.807) is 7.11 Å². The second-order valence-electron chi connectivity index (χ2n) is 5.05. The van der Waals surface area contributed by atoms with Crippen molar-refractivity contribution in [1.29, 1.82) is 0 Å². The van der Waals surface area contributed by atoms with Crippen LogP contribution in [0.4, 0.5) is 0 Å². The van der Waals surface area contributed by atoms with Crippen LogP contribution in [0.3, 0.4) is 0 Å². The summed E-state index contributed by atoms with van der Waals surface area (Å²) in [6.45, 7) is 0.784. The van der Waals surface area contributed by atoms with Gasteiger partial charge in [-0.3, -0.25) is 0 Å². The van der Waals surface area contributed by atoms with Gasteiger partial charge in [0.15, 0.2) is 0 Å². The van der Waals surface area contributed by atoms with Crippen molar-refractivity contribution in [2.75, 3.05) is 25.2 Å². The van der Waals surface area contributed by atoms with Crippen molar-refractivity contribution in [3.05, 3.63) is 29.8 Å². The molecule has 118 valence electrons. The van der Waals surface area contributed by atoms with E-state index < -0.39 is 0 Å². The minimum atomic E-state index is 0.139. The molecule has 5 heteroatoms. The number of benzene rings is 1. The second kappa shape index (κ2) is 9.62. The Labute approximate surface area is 135 Å². The number of aliphatic hydroxyl groups excluding tert-OH is 1. The molecule has 3 nitrogen and oxygen atoms in total. The fourth-order valence-corrected chi connectivity index (χ4v) is 5.23. The van der Waals surface area contributed by atoms with Crippen LogP contribution in [-0.2, 0) is 11.3 Å². The molecule has 1 fully saturated rings. The summed E-state index contributed by atoms with van der Waals surface area (Å²) in [5.74, 6) is 3.37. The number of thioether (sulfide) groups is 2. The van der Waals surface area contributed by atoms with Crippen molar-refractivity contribution in [1.82, 2.24) is 0 Å². The van der Waals surface area contributed by atoms with Crippen LogP contribution in [0.5, 0.6) is 5.75 Å². The van der Waals surface area contributed by atoms with E-state index in [0.717, 1.165) is 17.7 Å². The van der Waals surface area contributed by atoms with Gasteiger partial charge in [-0.05, 0) is 48.5 Å². The Bertz CT molecular complexity index is 391. The predicted octanol–water partition coefficient (Wildman–Crippen LogP) is 3.55. The molecule has 2 rings (SSSR count). The first-order valence-electron chi connectivity index (χ1n) is 7.40. The topological polar surface area (TPSA) is 38.7 Å². The molecule has 1 heterocycles. The van der Waals surface area contributed by atoms with E-state index in [1.165, 1.54) is 17.9 Å². The number of hydrogen-bond donors (Lipinski definition) is 1. The average Bonchev–Trinajstić information content (AvgIpc) is 2.54. The highest BCUT2D eigenvalue weighted by molar-refractivity contribution is 8.17. The summed E-state index contributed by atoms with van der Waals surface area (Å²) < 4.78 is 11.8. The van der Waals surface area contributed by atoms with Crippen molar-refractivity contribution < 1.29 is 14.6 Å². The summed E-state index contributed by atoms with van der Waals surface area (Å²) in [7, 11) is 1.67. The summed E-state index contributed by atoms with van der Waals surface area (Å²) >= 11 is 4.06. The smallest absolute Gasteiger partial charge is 0.118 e. The fraction of sp³-hybridized carbons (Fsp3) is 0.625. The predicted molar refractivity (Wildman–Crippen MR) is 91.2 cm³/mol. The van der Waals surface area contributed by atoms with Gasteiger partial charge in [0.05, 0.1) is 24.4 Å². The third-order valence-corrected chi connectivity index (χ3v) is 6.44. The molecule has 0 bridgehead atoms. The first-order valence-corrected chi connectivity index (χ1v) is 9.50. The Balaban J connectivity index is 1.80. The first-order chi connectivity index (χ1) is 10.3. The van der Waals surface area contributed by atoms with Crippen LogP contribution in [0.2, 0.25) is 0 Å². The first kappa shape index (κ1) is 17.0. The Kier molecular flexibility index (Phi) is 7.78. The largest absolute Gasteiger partial charge is 0.497 e. The molecule has 1 aliphatic heterocycles. The van der Waals surface area contributed by atoms with Gasteiger partial charge < -0.3 is 14.6 Å². The van der Waals surface area contributed by atoms with Crippen LogP contribution in [0, 0.1) is 0 Å². The van der Waals surface area contributed by atoms with Gasteiger partial charge in [0.25, 0.3) is 0 Å². The molecule has 0 amide bonds. The van der Waals surface area contributed by atoms with Gasteiger partial charge in [-0.15, -0.1) is 23.5 Å². The maximum atomic E-state index is 9.22. The van der Waals surface area contributed by atoms with Gasteiger partial charge in [-0.1, -0.05) is 12.1 Å². The Morgan fingerprint density at radius 3 is 2.57 bits per heavy atom. The summed E-state index contributed by atoms with van der Waals surface area (Å²) in [6, 6.07) is 7.96. The van der Waals surface area contributed by atoms with Crippen molar-refractivity contribution in [2.45, 2.75) is 36.6 Å². The standard InChI is InChI=1S/C16H24O3S2/c1-18-14-5-3-13(4-6-14)12-19-15(7-8-17)11-16-20-9-2-10-21-16/h3-6,15-17H,2,7-12H2,1H3/t15-/m0/s1. The van der Waals surface area contributed by atoms with Gasteiger partial charge in [-0.25, -0.2) is 0 Å². The monoisotopic (exact) mass is 328 g/mol. The quantitative estimate of drug-likeness (QED) is 0.790. The van der Waals surface area contributed by atoms with E-state index in [1.807, 2.05) is 47.8 Å². The molecule has 0 aromatic heterocycles. The SMILES string of the molecule is COc1ccc(CO[C@@H](CCO)CC2SCCCS2)cc1. The third-order valence-electron chi connectivity index (χ3n) is 3.45. The van der Waals surface area contributed by atoms with Crippen LogP contribution in [0.25, 0.3) is 0 Å². The number of ether oxygens (including phenoxy) is 2. The maximum absolute atomic E-state index is 9.22. The van der Waals surface area contributed by atoms with E-state index in [-0.39, 0.29) is 12.7 Å². The summed E-state index contributed by atoms with van der Waals surface area (Å²) in [6.07, 6.45) is 3.18. The fourth-order valence-electron chi connectivity index (χ4n) is 2.24. The van der Waals surface area contributed by atoms with E-state index in [2.05, 4.69) is 0 Å². The van der Waals surface area contributed by atoms with Crippen LogP contribution in [0.15, 0.2) is 24.3 Å². The summed E-state index contributed by atoms with van der Waals surface area (Å²) in [4.78, 5) is 0. The highest BCUT2D eigenvalue weighted by Crippen LogP contribution is 2.34. The normalized spacial score (nSPS) is 17.6. The number of methoxy groups -OCH3 is 1. The average molecular weight is 328 g/mol. The number of aliphatic hydroxyl groups is 1. The van der Waals surface area contributed by atoms with E-state index in [4.69, 9.17) is 9.47 Å². The lowest BCUT2D eigenvalue weighted by Gasteiger charge is -2.25. The van der Waals surface area contributed by atoms with Crippen LogP contribution in [0.1, 0.15) is 24.8 Å². The Hall–Kier alpha value is -0.360. The van der Waals surface area contributed by atoms with Crippen molar-refractivity contribution >= 4 is 23.5 Å². The van der Waals surface area contributed by atoms with Crippen LogP contribution in [-0.4, -0.2) is 41.0 Å². The van der Waals surface area contributed by atoms with E-state index in [9.17, 15) is 5.11 Å². The molecule has 0 spiro atoms. The van der Waals surface area contributed by atoms with Gasteiger partial charge in [-0.2, -0.15) is 0 Å². The Morgan fingerprint density at radius 1 is 1.24 bits per heavy atom. The molecule has 0 radical (unpaired) electrons. The minimum absolute atomic E-state index is 0.139. The molecule has 0 saturated carbocycles. The zero-order valence-electron chi connectivity index (χ0n) is 12.5. The molecule has 1 N–H and O–H groups in total. The molecule has 1 saturated heterocycles. The van der Waals surface area contributed by atoms with E-state index >= 15 is 0 Å². The second-order valence-corrected chi connectivity index (χ2v) is 7.97. The molecule has 1 atom stereocenters. The van der Waals surface area contributed by atoms with Gasteiger partial charge in [0, 0.05) is 6.61 Å². The molecule has 1 aromatic rings. The van der Waals surface area contributed by atoms with Gasteiger partial charge in [0.1, 0.15) is 5.75 Å². The lowest BCUT2D eigenvalue weighted by Crippen LogP contribution is -2.21. The molecule has 21 heavy (non-hydrogen) atoms. The molecule has 1 aromatic carbocycles. The van der Waals surface area contributed by atoms with Gasteiger partial charge in [0.2, 0.25) is 0 Å². The minimum Gasteiger partial charge on any atom is -0.497 e. The highest BCUT2D eigenvalue weighted by Gasteiger charge is 2.20. The van der Waals surface area contributed by atoms with Crippen LogP contribution < -0.4 is 4.74 Å². The molecule has 0 unspecified atom stereocenters. The van der Waals surface area contributed by atoms with Gasteiger partial charge >= 0.3 is 0 Å².